The van der Waals surface area contributed by atoms with Crippen molar-refractivity contribution in [3.63, 3.8) is 0 Å². The third kappa shape index (κ3) is 1.57. The predicted molar refractivity (Wildman–Crippen MR) is 68.2 cm³/mol. The van der Waals surface area contributed by atoms with Crippen molar-refractivity contribution in [1.82, 2.24) is 0 Å². The van der Waals surface area contributed by atoms with E-state index in [9.17, 15) is 4.79 Å². The molecule has 1 aromatic rings. The van der Waals surface area contributed by atoms with Gasteiger partial charge in [0.05, 0.1) is 5.92 Å². The highest BCUT2D eigenvalue weighted by Gasteiger charge is 2.46. The smallest absolute Gasteiger partial charge is 0.142 e. The predicted octanol–water partition coefficient (Wildman–Crippen LogP) is 1.67. The number of benzene rings is 1. The second-order valence-electron chi connectivity index (χ2n) is 5.24. The molecule has 0 spiro atoms. The van der Waals surface area contributed by atoms with Crippen LogP contribution in [0.4, 0.5) is 5.69 Å². The van der Waals surface area contributed by atoms with Crippen molar-refractivity contribution < 1.29 is 4.79 Å². The van der Waals surface area contributed by atoms with Crippen molar-refractivity contribution in [2.24, 2.45) is 5.73 Å². The molecular formula is C14H18N2O. The van der Waals surface area contributed by atoms with E-state index in [1.165, 1.54) is 11.3 Å². The lowest BCUT2D eigenvalue weighted by atomic mass is 9.97. The summed E-state index contributed by atoms with van der Waals surface area (Å²) in [5, 5.41) is 0. The fourth-order valence-corrected chi connectivity index (χ4v) is 3.28. The van der Waals surface area contributed by atoms with Crippen LogP contribution in [0, 0.1) is 0 Å². The molecule has 0 amide bonds. The summed E-state index contributed by atoms with van der Waals surface area (Å²) in [7, 11) is 0. The molecule has 2 N–H and O–H groups in total. The van der Waals surface area contributed by atoms with Gasteiger partial charge in [0.25, 0.3) is 0 Å². The van der Waals surface area contributed by atoms with Gasteiger partial charge in [-0.1, -0.05) is 18.2 Å². The molecular weight excluding hydrogens is 212 g/mol. The molecule has 1 aromatic carbocycles. The van der Waals surface area contributed by atoms with Crippen LogP contribution in [-0.2, 0) is 4.79 Å². The van der Waals surface area contributed by atoms with Gasteiger partial charge in [-0.15, -0.1) is 0 Å². The molecule has 3 nitrogen and oxygen atoms in total. The monoisotopic (exact) mass is 230 g/mol. The minimum absolute atomic E-state index is 0.102. The standard InChI is InChI=1S/C14H18N2O/c1-9(15)8-16-11-5-3-2-4-10(11)14-12(16)6-7-13(14)17/h2-5,9,12,14H,6-8,15H2,1H3/t9?,12-,14?/m0/s1. The minimum atomic E-state index is 0.102. The molecule has 1 aliphatic carbocycles. The number of hydrogen-bond acceptors (Lipinski definition) is 3. The Kier molecular flexibility index (Phi) is 2.44. The average Bonchev–Trinajstić information content (AvgIpc) is 2.80. The first-order valence-electron chi connectivity index (χ1n) is 6.32. The Labute approximate surface area is 102 Å². The van der Waals surface area contributed by atoms with Gasteiger partial charge < -0.3 is 10.6 Å². The molecule has 0 radical (unpaired) electrons. The largest absolute Gasteiger partial charge is 0.366 e. The number of carbonyl (C=O) groups excluding carboxylic acids is 1. The van der Waals surface area contributed by atoms with Crippen molar-refractivity contribution in [3.05, 3.63) is 29.8 Å². The zero-order valence-electron chi connectivity index (χ0n) is 10.1. The van der Waals surface area contributed by atoms with Crippen LogP contribution in [0.15, 0.2) is 24.3 Å². The SMILES string of the molecule is CC(N)CN1c2ccccc2C2C(=O)CC[C@@H]21. The molecule has 0 saturated heterocycles. The van der Waals surface area contributed by atoms with E-state index in [0.717, 1.165) is 19.4 Å². The van der Waals surface area contributed by atoms with Gasteiger partial charge in [-0.2, -0.15) is 0 Å². The lowest BCUT2D eigenvalue weighted by Gasteiger charge is -2.28. The second kappa shape index (κ2) is 3.84. The van der Waals surface area contributed by atoms with E-state index in [0.29, 0.717) is 11.8 Å². The van der Waals surface area contributed by atoms with Gasteiger partial charge in [0.2, 0.25) is 0 Å². The van der Waals surface area contributed by atoms with Crippen LogP contribution in [0.25, 0.3) is 0 Å². The Morgan fingerprint density at radius 1 is 1.47 bits per heavy atom. The fraction of sp³-hybridized carbons (Fsp3) is 0.500. The number of fused-ring (bicyclic) bond motifs is 3. The zero-order chi connectivity index (χ0) is 12.0. The number of hydrogen-bond donors (Lipinski definition) is 1. The number of rotatable bonds is 2. The Morgan fingerprint density at radius 3 is 3.00 bits per heavy atom. The summed E-state index contributed by atoms with van der Waals surface area (Å²) in [6.07, 6.45) is 1.70. The van der Waals surface area contributed by atoms with Crippen molar-refractivity contribution in [2.45, 2.75) is 37.8 Å². The highest BCUT2D eigenvalue weighted by atomic mass is 16.1. The van der Waals surface area contributed by atoms with Gasteiger partial charge in [0.1, 0.15) is 5.78 Å². The number of anilines is 1. The Hall–Kier alpha value is -1.35. The maximum atomic E-state index is 12.0. The molecule has 3 atom stereocenters. The highest BCUT2D eigenvalue weighted by molar-refractivity contribution is 5.93. The van der Waals surface area contributed by atoms with Gasteiger partial charge in [0.15, 0.2) is 0 Å². The lowest BCUT2D eigenvalue weighted by Crippen LogP contribution is -2.40. The average molecular weight is 230 g/mol. The molecule has 0 aromatic heterocycles. The van der Waals surface area contributed by atoms with Crippen LogP contribution in [-0.4, -0.2) is 24.4 Å². The molecule has 3 rings (SSSR count). The second-order valence-corrected chi connectivity index (χ2v) is 5.24. The van der Waals surface area contributed by atoms with E-state index >= 15 is 0 Å². The minimum Gasteiger partial charge on any atom is -0.366 e. The molecule has 2 aliphatic rings. The summed E-state index contributed by atoms with van der Waals surface area (Å²) in [5.74, 6) is 0.500. The molecule has 1 aliphatic heterocycles. The number of nitrogens with two attached hydrogens (primary N) is 1. The Balaban J connectivity index is 2.03. The van der Waals surface area contributed by atoms with E-state index in [1.54, 1.807) is 0 Å². The van der Waals surface area contributed by atoms with Crippen LogP contribution in [0.2, 0.25) is 0 Å². The van der Waals surface area contributed by atoms with Gasteiger partial charge in [-0.05, 0) is 25.0 Å². The summed E-state index contributed by atoms with van der Waals surface area (Å²) >= 11 is 0. The third-order valence-corrected chi connectivity index (χ3v) is 3.88. The number of Topliss-reactive ketones (excluding diaryl/α,β-unsaturated/α-hetero) is 1. The van der Waals surface area contributed by atoms with Crippen LogP contribution < -0.4 is 10.6 Å². The van der Waals surface area contributed by atoms with Gasteiger partial charge in [-0.3, -0.25) is 4.79 Å². The van der Waals surface area contributed by atoms with Crippen molar-refractivity contribution in [2.75, 3.05) is 11.4 Å². The molecule has 90 valence electrons. The molecule has 17 heavy (non-hydrogen) atoms. The maximum Gasteiger partial charge on any atom is 0.142 e. The molecule has 3 heteroatoms. The van der Waals surface area contributed by atoms with Crippen LogP contribution >= 0.6 is 0 Å². The van der Waals surface area contributed by atoms with E-state index in [-0.39, 0.29) is 12.0 Å². The summed E-state index contributed by atoms with van der Waals surface area (Å²) in [5.41, 5.74) is 8.34. The normalized spacial score (nSPS) is 28.1. The van der Waals surface area contributed by atoms with E-state index in [2.05, 4.69) is 17.0 Å². The summed E-state index contributed by atoms with van der Waals surface area (Å²) in [6, 6.07) is 8.76. The first-order valence-corrected chi connectivity index (χ1v) is 6.32. The first-order chi connectivity index (χ1) is 8.18. The number of para-hydroxylation sites is 1. The van der Waals surface area contributed by atoms with Crippen molar-refractivity contribution >= 4 is 11.5 Å². The highest BCUT2D eigenvalue weighted by Crippen LogP contribution is 2.47. The number of carbonyl (C=O) groups is 1. The zero-order valence-corrected chi connectivity index (χ0v) is 10.1. The molecule has 0 bridgehead atoms. The Morgan fingerprint density at radius 2 is 2.24 bits per heavy atom. The van der Waals surface area contributed by atoms with Gasteiger partial charge in [0, 0.05) is 30.7 Å². The van der Waals surface area contributed by atoms with Crippen LogP contribution in [0.1, 0.15) is 31.2 Å². The van der Waals surface area contributed by atoms with Gasteiger partial charge in [-0.25, -0.2) is 0 Å². The van der Waals surface area contributed by atoms with Crippen molar-refractivity contribution in [1.29, 1.82) is 0 Å². The van der Waals surface area contributed by atoms with Crippen LogP contribution in [0.5, 0.6) is 0 Å². The topological polar surface area (TPSA) is 46.3 Å². The molecule has 1 fully saturated rings. The van der Waals surface area contributed by atoms with E-state index in [1.807, 2.05) is 19.1 Å². The number of nitrogens with zero attached hydrogens (tertiary/aromatic N) is 1. The third-order valence-electron chi connectivity index (χ3n) is 3.88. The van der Waals surface area contributed by atoms with E-state index < -0.39 is 0 Å². The quantitative estimate of drug-likeness (QED) is 0.840. The Bertz CT molecular complexity index is 455. The fourth-order valence-electron chi connectivity index (χ4n) is 3.28. The van der Waals surface area contributed by atoms with E-state index in [4.69, 9.17) is 5.73 Å². The molecule has 2 unspecified atom stereocenters. The lowest BCUT2D eigenvalue weighted by molar-refractivity contribution is -0.118. The first kappa shape index (κ1) is 10.8. The summed E-state index contributed by atoms with van der Waals surface area (Å²) in [4.78, 5) is 14.3. The number of ketones is 1. The van der Waals surface area contributed by atoms with Crippen molar-refractivity contribution in [3.8, 4) is 0 Å². The summed E-state index contributed by atoms with van der Waals surface area (Å²) < 4.78 is 0. The summed E-state index contributed by atoms with van der Waals surface area (Å²) in [6.45, 7) is 2.86. The maximum absolute atomic E-state index is 12.0. The van der Waals surface area contributed by atoms with Crippen LogP contribution in [0.3, 0.4) is 0 Å². The molecule has 1 heterocycles. The molecule has 1 saturated carbocycles. The van der Waals surface area contributed by atoms with Gasteiger partial charge >= 0.3 is 0 Å².